The first-order valence-electron chi connectivity index (χ1n) is 7.38. The summed E-state index contributed by atoms with van der Waals surface area (Å²) in [5.74, 6) is 0. The van der Waals surface area contributed by atoms with Gasteiger partial charge in [-0.05, 0) is 31.2 Å². The summed E-state index contributed by atoms with van der Waals surface area (Å²) < 4.78 is 4.57. The van der Waals surface area contributed by atoms with Gasteiger partial charge in [0.2, 0.25) is 0 Å². The average molecular weight is 313 g/mol. The van der Waals surface area contributed by atoms with E-state index in [1.807, 2.05) is 0 Å². The Bertz CT molecular complexity index is 206. The predicted octanol–water partition coefficient (Wildman–Crippen LogP) is 3.71. The van der Waals surface area contributed by atoms with Crippen molar-refractivity contribution >= 4 is 18.5 Å². The number of nitrogens with two attached hydrogens (primary N) is 1. The van der Waals surface area contributed by atoms with Gasteiger partial charge in [0, 0.05) is 0 Å². The van der Waals surface area contributed by atoms with Crippen LogP contribution in [0.15, 0.2) is 0 Å². The Morgan fingerprint density at radius 2 is 1.37 bits per heavy atom. The van der Waals surface area contributed by atoms with E-state index in [1.54, 1.807) is 0 Å². The standard InChI is InChI=1S/C8H19N.C5H13O3PS/c1-2-3-4-5-6-7-8-9;1-2-3-4-5-8-9(6,7)10/h2-9H2,1H3;2-5H2,1H3,(H2,6,7,10). The molecule has 0 aromatic carbocycles. The van der Waals surface area contributed by atoms with Crippen LogP contribution in [0.1, 0.15) is 71.6 Å². The zero-order valence-electron chi connectivity index (χ0n) is 12.5. The van der Waals surface area contributed by atoms with Crippen molar-refractivity contribution in [3.8, 4) is 0 Å². The molecule has 6 heteroatoms. The van der Waals surface area contributed by atoms with Gasteiger partial charge in [-0.15, -0.1) is 0 Å². The van der Waals surface area contributed by atoms with Crippen LogP contribution in [0.5, 0.6) is 0 Å². The molecule has 0 amide bonds. The van der Waals surface area contributed by atoms with Crippen LogP contribution in [0, 0.1) is 0 Å². The van der Waals surface area contributed by atoms with Crippen molar-refractivity contribution in [2.24, 2.45) is 5.73 Å². The van der Waals surface area contributed by atoms with Crippen LogP contribution in [-0.2, 0) is 16.3 Å². The Morgan fingerprint density at radius 3 is 1.84 bits per heavy atom. The molecule has 0 aliphatic carbocycles. The van der Waals surface area contributed by atoms with E-state index < -0.39 is 6.72 Å². The van der Waals surface area contributed by atoms with E-state index in [4.69, 9.17) is 15.5 Å². The maximum absolute atomic E-state index is 8.58. The molecule has 19 heavy (non-hydrogen) atoms. The quantitative estimate of drug-likeness (QED) is 0.400. The molecular weight excluding hydrogens is 281 g/mol. The summed E-state index contributed by atoms with van der Waals surface area (Å²) in [6, 6.07) is 0. The molecule has 0 radical (unpaired) electrons. The zero-order chi connectivity index (χ0) is 15.0. The summed E-state index contributed by atoms with van der Waals surface area (Å²) in [7, 11) is 0. The average Bonchev–Trinajstić information content (AvgIpc) is 2.34. The van der Waals surface area contributed by atoms with Crippen LogP contribution in [0.4, 0.5) is 0 Å². The third-order valence-corrected chi connectivity index (χ3v) is 3.40. The van der Waals surface area contributed by atoms with Gasteiger partial charge >= 0.3 is 6.72 Å². The monoisotopic (exact) mass is 313 g/mol. The summed E-state index contributed by atoms with van der Waals surface area (Å²) in [5, 5.41) is 0. The normalized spacial score (nSPS) is 11.0. The lowest BCUT2D eigenvalue weighted by atomic mass is 10.1. The Kier molecular flexibility index (Phi) is 19.0. The zero-order valence-corrected chi connectivity index (χ0v) is 14.2. The Hall–Kier alpha value is 0.490. The molecule has 118 valence electrons. The maximum Gasteiger partial charge on any atom is 0.321 e. The first kappa shape index (κ1) is 21.8. The molecule has 0 aromatic heterocycles. The first-order chi connectivity index (χ1) is 8.97. The van der Waals surface area contributed by atoms with Crippen LogP contribution in [0.2, 0.25) is 0 Å². The molecule has 0 unspecified atom stereocenters. The number of hydrogen-bond acceptors (Lipinski definition) is 3. The summed E-state index contributed by atoms with van der Waals surface area (Å²) in [4.78, 5) is 17.2. The highest BCUT2D eigenvalue weighted by molar-refractivity contribution is 8.06. The van der Waals surface area contributed by atoms with Crippen molar-refractivity contribution in [2.45, 2.75) is 71.6 Å². The van der Waals surface area contributed by atoms with Gasteiger partial charge in [-0.1, -0.05) is 58.8 Å². The fraction of sp³-hybridized carbons (Fsp3) is 1.00. The van der Waals surface area contributed by atoms with Gasteiger partial charge in [0.05, 0.1) is 6.61 Å². The van der Waals surface area contributed by atoms with Crippen molar-refractivity contribution in [1.82, 2.24) is 0 Å². The molecular formula is C13H32NO3PS. The second-order valence-electron chi connectivity index (χ2n) is 4.59. The predicted molar refractivity (Wildman–Crippen MR) is 86.6 cm³/mol. The topological polar surface area (TPSA) is 75.7 Å². The van der Waals surface area contributed by atoms with Gasteiger partial charge < -0.3 is 20.0 Å². The van der Waals surface area contributed by atoms with E-state index in [0.717, 1.165) is 25.8 Å². The van der Waals surface area contributed by atoms with Crippen molar-refractivity contribution in [3.63, 3.8) is 0 Å². The van der Waals surface area contributed by atoms with E-state index in [9.17, 15) is 0 Å². The van der Waals surface area contributed by atoms with Crippen molar-refractivity contribution in [2.75, 3.05) is 13.2 Å². The van der Waals surface area contributed by atoms with E-state index >= 15 is 0 Å². The highest BCUT2D eigenvalue weighted by atomic mass is 32.5. The van der Waals surface area contributed by atoms with Crippen LogP contribution in [0.3, 0.4) is 0 Å². The molecule has 4 N–H and O–H groups in total. The fourth-order valence-electron chi connectivity index (χ4n) is 1.46. The number of hydrogen-bond donors (Lipinski definition) is 3. The SMILES string of the molecule is CCCCCCCCN.CCCCCOP(O)(O)=S. The minimum atomic E-state index is -3.37. The smallest absolute Gasteiger partial charge is 0.321 e. The maximum atomic E-state index is 8.58. The van der Waals surface area contributed by atoms with Gasteiger partial charge in [0.15, 0.2) is 0 Å². The van der Waals surface area contributed by atoms with E-state index in [0.29, 0.717) is 6.61 Å². The molecule has 0 spiro atoms. The van der Waals surface area contributed by atoms with Crippen LogP contribution < -0.4 is 5.73 Å². The summed E-state index contributed by atoms with van der Waals surface area (Å²) >= 11 is 4.23. The highest BCUT2D eigenvalue weighted by Gasteiger charge is 2.05. The summed E-state index contributed by atoms with van der Waals surface area (Å²) in [6.45, 7) is 2.16. The lowest BCUT2D eigenvalue weighted by molar-refractivity contribution is 0.246. The molecule has 0 aliphatic rings. The second-order valence-corrected chi connectivity index (χ2v) is 7.25. The van der Waals surface area contributed by atoms with E-state index in [2.05, 4.69) is 30.2 Å². The van der Waals surface area contributed by atoms with Crippen LogP contribution in [-0.4, -0.2) is 22.9 Å². The van der Waals surface area contributed by atoms with Crippen LogP contribution in [0.25, 0.3) is 0 Å². The molecule has 0 atom stereocenters. The largest absolute Gasteiger partial charge is 0.330 e. The fourth-order valence-corrected chi connectivity index (χ4v) is 2.05. The third-order valence-electron chi connectivity index (χ3n) is 2.57. The highest BCUT2D eigenvalue weighted by Crippen LogP contribution is 2.36. The summed E-state index contributed by atoms with van der Waals surface area (Å²) in [5.41, 5.74) is 5.34. The Labute approximate surface area is 124 Å². The van der Waals surface area contributed by atoms with Crippen molar-refractivity contribution in [1.29, 1.82) is 0 Å². The van der Waals surface area contributed by atoms with E-state index in [1.165, 1.54) is 38.5 Å². The Morgan fingerprint density at radius 1 is 0.895 bits per heavy atom. The van der Waals surface area contributed by atoms with Crippen LogP contribution >= 0.6 is 6.72 Å². The molecule has 0 saturated heterocycles. The Balaban J connectivity index is 0. The summed E-state index contributed by atoms with van der Waals surface area (Å²) in [6.07, 6.45) is 11.0. The minimum Gasteiger partial charge on any atom is -0.330 e. The molecule has 0 heterocycles. The molecule has 0 bridgehead atoms. The van der Waals surface area contributed by atoms with Crippen molar-refractivity contribution < 1.29 is 14.3 Å². The van der Waals surface area contributed by atoms with Gasteiger partial charge in [-0.2, -0.15) is 0 Å². The minimum absolute atomic E-state index is 0.359. The lowest BCUT2D eigenvalue weighted by Crippen LogP contribution is -1.97. The molecule has 0 fully saturated rings. The van der Waals surface area contributed by atoms with Gasteiger partial charge in [0.25, 0.3) is 0 Å². The van der Waals surface area contributed by atoms with Gasteiger partial charge in [0.1, 0.15) is 0 Å². The van der Waals surface area contributed by atoms with Crippen molar-refractivity contribution in [3.05, 3.63) is 0 Å². The third kappa shape index (κ3) is 27.6. The lowest BCUT2D eigenvalue weighted by Gasteiger charge is -2.06. The molecule has 4 nitrogen and oxygen atoms in total. The molecule has 0 rings (SSSR count). The van der Waals surface area contributed by atoms with E-state index in [-0.39, 0.29) is 0 Å². The molecule has 0 aliphatic heterocycles. The number of unbranched alkanes of at least 4 members (excludes halogenated alkanes) is 7. The molecule has 0 saturated carbocycles. The van der Waals surface area contributed by atoms with Gasteiger partial charge in [-0.3, -0.25) is 0 Å². The number of rotatable bonds is 11. The second kappa shape index (κ2) is 16.5. The first-order valence-corrected chi connectivity index (χ1v) is 10.0. The molecule has 0 aromatic rings. The van der Waals surface area contributed by atoms with Gasteiger partial charge in [-0.25, -0.2) is 0 Å².